The summed E-state index contributed by atoms with van der Waals surface area (Å²) in [5.41, 5.74) is 11.8. The van der Waals surface area contributed by atoms with Crippen LogP contribution in [0.1, 0.15) is 11.1 Å². The second-order valence-electron chi connectivity index (χ2n) is 3.18. The lowest BCUT2D eigenvalue weighted by Gasteiger charge is -2.09. The van der Waals surface area contributed by atoms with E-state index in [1.807, 2.05) is 0 Å². The van der Waals surface area contributed by atoms with E-state index >= 15 is 0 Å². The lowest BCUT2D eigenvalue weighted by Crippen LogP contribution is -2.07. The maximum absolute atomic E-state index is 13.6. The average Bonchev–Trinajstić information content (AvgIpc) is 2.24. The standard InChI is InChI=1S/C10H13FN4S2/c11-8-3-1-2-6(4-16-9(12)13)7(8)5-17-10(14)15/h1-3H,4-5H2,(H3,12,13)(H3,14,15). The molecule has 0 atom stereocenters. The van der Waals surface area contributed by atoms with Crippen LogP contribution in [0.4, 0.5) is 4.39 Å². The fourth-order valence-corrected chi connectivity index (χ4v) is 2.41. The zero-order chi connectivity index (χ0) is 12.8. The molecule has 6 N–H and O–H groups in total. The minimum Gasteiger partial charge on any atom is -0.379 e. The molecule has 0 bridgehead atoms. The first kappa shape index (κ1) is 13.9. The van der Waals surface area contributed by atoms with Crippen molar-refractivity contribution in [3.05, 3.63) is 35.1 Å². The Morgan fingerprint density at radius 1 is 1.12 bits per heavy atom. The van der Waals surface area contributed by atoms with E-state index in [0.29, 0.717) is 17.1 Å². The largest absolute Gasteiger partial charge is 0.379 e. The molecule has 0 fully saturated rings. The molecule has 0 saturated heterocycles. The van der Waals surface area contributed by atoms with Gasteiger partial charge in [-0.15, -0.1) is 0 Å². The summed E-state index contributed by atoms with van der Waals surface area (Å²) in [4.78, 5) is 0. The first-order valence-electron chi connectivity index (χ1n) is 4.70. The summed E-state index contributed by atoms with van der Waals surface area (Å²) in [6, 6.07) is 4.78. The summed E-state index contributed by atoms with van der Waals surface area (Å²) in [6.07, 6.45) is 0. The third-order valence-electron chi connectivity index (χ3n) is 1.97. The van der Waals surface area contributed by atoms with Gasteiger partial charge < -0.3 is 11.5 Å². The first-order chi connectivity index (χ1) is 8.00. The van der Waals surface area contributed by atoms with Gasteiger partial charge in [-0.1, -0.05) is 35.7 Å². The van der Waals surface area contributed by atoms with Gasteiger partial charge in [0.1, 0.15) is 5.82 Å². The van der Waals surface area contributed by atoms with Crippen LogP contribution < -0.4 is 11.5 Å². The van der Waals surface area contributed by atoms with Gasteiger partial charge in [-0.3, -0.25) is 10.8 Å². The number of rotatable bonds is 4. The number of halogens is 1. The van der Waals surface area contributed by atoms with Crippen LogP contribution in [-0.4, -0.2) is 10.3 Å². The maximum atomic E-state index is 13.6. The predicted molar refractivity (Wildman–Crippen MR) is 72.8 cm³/mol. The molecule has 0 unspecified atom stereocenters. The van der Waals surface area contributed by atoms with Crippen LogP contribution in [0.2, 0.25) is 0 Å². The SMILES string of the molecule is N=C(N)SCc1cccc(F)c1CSC(=N)N. The summed E-state index contributed by atoms with van der Waals surface area (Å²) >= 11 is 2.22. The van der Waals surface area contributed by atoms with Crippen LogP contribution in [0.15, 0.2) is 18.2 Å². The first-order valence-corrected chi connectivity index (χ1v) is 6.67. The number of thioether (sulfide) groups is 2. The van der Waals surface area contributed by atoms with Gasteiger partial charge in [0.05, 0.1) is 0 Å². The monoisotopic (exact) mass is 272 g/mol. The van der Waals surface area contributed by atoms with Crippen LogP contribution in [-0.2, 0) is 11.5 Å². The highest BCUT2D eigenvalue weighted by Crippen LogP contribution is 2.23. The van der Waals surface area contributed by atoms with Crippen molar-refractivity contribution in [2.45, 2.75) is 11.5 Å². The number of benzene rings is 1. The van der Waals surface area contributed by atoms with Gasteiger partial charge in [-0.05, 0) is 11.6 Å². The Morgan fingerprint density at radius 3 is 2.29 bits per heavy atom. The maximum Gasteiger partial charge on any atom is 0.151 e. The van der Waals surface area contributed by atoms with Gasteiger partial charge in [0.15, 0.2) is 10.3 Å². The van der Waals surface area contributed by atoms with Crippen LogP contribution in [0.3, 0.4) is 0 Å². The summed E-state index contributed by atoms with van der Waals surface area (Å²) in [5, 5.41) is 14.2. The van der Waals surface area contributed by atoms with Crippen molar-refractivity contribution < 1.29 is 4.39 Å². The number of hydrogen-bond donors (Lipinski definition) is 4. The molecule has 0 amide bonds. The molecule has 17 heavy (non-hydrogen) atoms. The van der Waals surface area contributed by atoms with Crippen molar-refractivity contribution in [1.29, 1.82) is 10.8 Å². The van der Waals surface area contributed by atoms with Gasteiger partial charge in [0, 0.05) is 17.1 Å². The van der Waals surface area contributed by atoms with E-state index in [4.69, 9.17) is 22.3 Å². The second kappa shape index (κ2) is 6.51. The number of nitrogens with one attached hydrogen (secondary N) is 2. The highest BCUT2D eigenvalue weighted by atomic mass is 32.2. The number of amidine groups is 2. The van der Waals surface area contributed by atoms with Gasteiger partial charge in [-0.2, -0.15) is 0 Å². The van der Waals surface area contributed by atoms with Crippen LogP contribution in [0.5, 0.6) is 0 Å². The molecular formula is C10H13FN4S2. The average molecular weight is 272 g/mol. The second-order valence-corrected chi connectivity index (χ2v) is 5.22. The molecule has 0 saturated carbocycles. The molecule has 4 nitrogen and oxygen atoms in total. The van der Waals surface area contributed by atoms with Crippen molar-refractivity contribution >= 4 is 33.9 Å². The predicted octanol–water partition coefficient (Wildman–Crippen LogP) is 2.08. The number of nitrogens with two attached hydrogens (primary N) is 2. The third-order valence-corrected chi connectivity index (χ3v) is 3.48. The fourth-order valence-electron chi connectivity index (χ4n) is 1.21. The minimum absolute atomic E-state index is 0.000526. The van der Waals surface area contributed by atoms with Crippen molar-refractivity contribution in [3.63, 3.8) is 0 Å². The third kappa shape index (κ3) is 4.66. The molecule has 0 aliphatic carbocycles. The Kier molecular flexibility index (Phi) is 5.30. The summed E-state index contributed by atoms with van der Waals surface area (Å²) in [6.45, 7) is 0. The molecule has 92 valence electrons. The normalized spacial score (nSPS) is 10.2. The highest BCUT2D eigenvalue weighted by molar-refractivity contribution is 8.13. The van der Waals surface area contributed by atoms with Crippen molar-refractivity contribution in [1.82, 2.24) is 0 Å². The lowest BCUT2D eigenvalue weighted by molar-refractivity contribution is 0.615. The van der Waals surface area contributed by atoms with Gasteiger partial charge in [0.25, 0.3) is 0 Å². The van der Waals surface area contributed by atoms with E-state index in [2.05, 4.69) is 0 Å². The summed E-state index contributed by atoms with van der Waals surface area (Å²) in [5.74, 6) is 0.442. The Balaban J connectivity index is 2.83. The zero-order valence-corrected chi connectivity index (χ0v) is 10.6. The molecule has 1 aromatic rings. The van der Waals surface area contributed by atoms with E-state index < -0.39 is 0 Å². The zero-order valence-electron chi connectivity index (χ0n) is 9.00. The van der Waals surface area contributed by atoms with E-state index in [1.165, 1.54) is 6.07 Å². The molecule has 0 heterocycles. The Labute approximate surface area is 107 Å². The van der Waals surface area contributed by atoms with E-state index in [1.54, 1.807) is 12.1 Å². The van der Waals surface area contributed by atoms with E-state index in [0.717, 1.165) is 29.1 Å². The summed E-state index contributed by atoms with van der Waals surface area (Å²) in [7, 11) is 0. The molecule has 0 radical (unpaired) electrons. The quantitative estimate of drug-likeness (QED) is 0.498. The molecule has 1 rings (SSSR count). The Morgan fingerprint density at radius 2 is 1.71 bits per heavy atom. The number of hydrogen-bond acceptors (Lipinski definition) is 4. The smallest absolute Gasteiger partial charge is 0.151 e. The van der Waals surface area contributed by atoms with Crippen molar-refractivity contribution in [2.24, 2.45) is 11.5 Å². The van der Waals surface area contributed by atoms with Gasteiger partial charge >= 0.3 is 0 Å². The van der Waals surface area contributed by atoms with Crippen molar-refractivity contribution in [2.75, 3.05) is 0 Å². The lowest BCUT2D eigenvalue weighted by atomic mass is 10.1. The molecular weight excluding hydrogens is 259 g/mol. The van der Waals surface area contributed by atoms with Crippen LogP contribution in [0, 0.1) is 16.6 Å². The molecule has 0 aliphatic rings. The topological polar surface area (TPSA) is 99.7 Å². The molecule has 0 spiro atoms. The summed E-state index contributed by atoms with van der Waals surface area (Å²) < 4.78 is 13.6. The molecule has 1 aromatic carbocycles. The van der Waals surface area contributed by atoms with E-state index in [-0.39, 0.29) is 16.2 Å². The molecule has 0 aliphatic heterocycles. The van der Waals surface area contributed by atoms with Gasteiger partial charge in [-0.25, -0.2) is 4.39 Å². The van der Waals surface area contributed by atoms with Gasteiger partial charge in [0.2, 0.25) is 0 Å². The molecule has 0 aromatic heterocycles. The molecule has 7 heteroatoms. The van der Waals surface area contributed by atoms with Crippen LogP contribution in [0.25, 0.3) is 0 Å². The minimum atomic E-state index is -0.319. The van der Waals surface area contributed by atoms with E-state index in [9.17, 15) is 4.39 Å². The van der Waals surface area contributed by atoms with Crippen LogP contribution >= 0.6 is 23.5 Å². The highest BCUT2D eigenvalue weighted by Gasteiger charge is 2.09. The Bertz CT molecular complexity index is 436. The van der Waals surface area contributed by atoms with Crippen molar-refractivity contribution in [3.8, 4) is 0 Å². The fraction of sp³-hybridized carbons (Fsp3) is 0.200. The Hall–Kier alpha value is -1.21.